The predicted molar refractivity (Wildman–Crippen MR) is 70.2 cm³/mol. The highest BCUT2D eigenvalue weighted by Crippen LogP contribution is 2.19. The van der Waals surface area contributed by atoms with Crippen molar-refractivity contribution in [3.05, 3.63) is 34.3 Å². The molecule has 1 atom stereocenters. The highest BCUT2D eigenvalue weighted by atomic mass is 32.1. The van der Waals surface area contributed by atoms with Crippen molar-refractivity contribution in [1.29, 1.82) is 0 Å². The summed E-state index contributed by atoms with van der Waals surface area (Å²) in [6.45, 7) is 5.09. The number of aromatic nitrogens is 3. The van der Waals surface area contributed by atoms with E-state index in [0.29, 0.717) is 0 Å². The first kappa shape index (κ1) is 12.3. The van der Waals surface area contributed by atoms with Crippen LogP contribution in [0.5, 0.6) is 0 Å². The summed E-state index contributed by atoms with van der Waals surface area (Å²) >= 11 is 1.70. The van der Waals surface area contributed by atoms with Crippen molar-refractivity contribution in [3.63, 3.8) is 0 Å². The summed E-state index contributed by atoms with van der Waals surface area (Å²) in [6, 6.07) is 0.256. The second-order valence-corrected chi connectivity index (χ2v) is 5.12. The first-order chi connectivity index (χ1) is 8.20. The molecule has 2 aromatic heterocycles. The Morgan fingerprint density at radius 3 is 2.88 bits per heavy atom. The molecular formula is C12H18N4S. The average Bonchev–Trinajstić information content (AvgIpc) is 2.88. The van der Waals surface area contributed by atoms with Gasteiger partial charge in [0.25, 0.3) is 0 Å². The Labute approximate surface area is 106 Å². The fraction of sp³-hybridized carbons (Fsp3) is 0.500. The first-order valence-electron chi connectivity index (χ1n) is 5.82. The second kappa shape index (κ2) is 5.42. The molecule has 2 rings (SSSR count). The molecule has 92 valence electrons. The lowest BCUT2D eigenvalue weighted by Crippen LogP contribution is -2.24. The van der Waals surface area contributed by atoms with Crippen molar-refractivity contribution in [1.82, 2.24) is 19.9 Å². The van der Waals surface area contributed by atoms with Gasteiger partial charge in [-0.15, -0.1) is 11.3 Å². The lowest BCUT2D eigenvalue weighted by molar-refractivity contribution is 0.519. The van der Waals surface area contributed by atoms with Crippen molar-refractivity contribution in [2.24, 2.45) is 7.05 Å². The number of thiazole rings is 1. The lowest BCUT2D eigenvalue weighted by atomic mass is 10.1. The van der Waals surface area contributed by atoms with Gasteiger partial charge in [-0.1, -0.05) is 6.92 Å². The van der Waals surface area contributed by atoms with Gasteiger partial charge in [0, 0.05) is 31.2 Å². The van der Waals surface area contributed by atoms with E-state index in [-0.39, 0.29) is 6.04 Å². The van der Waals surface area contributed by atoms with E-state index in [4.69, 9.17) is 0 Å². The number of nitrogens with zero attached hydrogens (tertiary/aromatic N) is 3. The third-order valence-corrected chi connectivity index (χ3v) is 3.54. The molecule has 1 unspecified atom stereocenters. The van der Waals surface area contributed by atoms with Gasteiger partial charge < -0.3 is 9.88 Å². The Bertz CT molecular complexity index is 474. The number of likely N-dealkylation sites (N-methyl/N-ethyl adjacent to an activating group) is 1. The Balaban J connectivity index is 2.15. The van der Waals surface area contributed by atoms with E-state index in [1.165, 1.54) is 0 Å². The van der Waals surface area contributed by atoms with E-state index in [1.54, 1.807) is 11.3 Å². The smallest absolute Gasteiger partial charge is 0.110 e. The summed E-state index contributed by atoms with van der Waals surface area (Å²) < 4.78 is 2.06. The van der Waals surface area contributed by atoms with Gasteiger partial charge >= 0.3 is 0 Å². The topological polar surface area (TPSA) is 42.7 Å². The largest absolute Gasteiger partial charge is 0.338 e. The van der Waals surface area contributed by atoms with E-state index in [0.717, 1.165) is 29.5 Å². The molecule has 0 bridgehead atoms. The van der Waals surface area contributed by atoms with Crippen molar-refractivity contribution in [2.45, 2.75) is 26.3 Å². The molecule has 2 aromatic rings. The molecule has 17 heavy (non-hydrogen) atoms. The summed E-state index contributed by atoms with van der Waals surface area (Å²) in [5, 5.41) is 6.71. The van der Waals surface area contributed by atoms with Gasteiger partial charge in [-0.25, -0.2) is 9.97 Å². The van der Waals surface area contributed by atoms with Crippen molar-refractivity contribution in [2.75, 3.05) is 6.54 Å². The number of aryl methyl sites for hydroxylation is 2. The van der Waals surface area contributed by atoms with Gasteiger partial charge in [-0.05, 0) is 13.5 Å². The van der Waals surface area contributed by atoms with Crippen LogP contribution in [-0.2, 0) is 13.5 Å². The van der Waals surface area contributed by atoms with Crippen molar-refractivity contribution in [3.8, 4) is 0 Å². The maximum atomic E-state index is 4.56. The van der Waals surface area contributed by atoms with E-state index >= 15 is 0 Å². The molecule has 4 nitrogen and oxygen atoms in total. The molecule has 0 aliphatic rings. The van der Waals surface area contributed by atoms with Crippen LogP contribution in [0.25, 0.3) is 0 Å². The van der Waals surface area contributed by atoms with Gasteiger partial charge in [0.15, 0.2) is 0 Å². The minimum Gasteiger partial charge on any atom is -0.338 e. The Morgan fingerprint density at radius 1 is 1.53 bits per heavy atom. The normalized spacial score (nSPS) is 12.9. The summed E-state index contributed by atoms with van der Waals surface area (Å²) in [6.07, 6.45) is 4.69. The fourth-order valence-electron chi connectivity index (χ4n) is 1.84. The minimum atomic E-state index is 0.256. The molecular weight excluding hydrogens is 232 g/mol. The van der Waals surface area contributed by atoms with Crippen LogP contribution in [0.1, 0.15) is 29.5 Å². The summed E-state index contributed by atoms with van der Waals surface area (Å²) in [5.74, 6) is 1.08. The zero-order chi connectivity index (χ0) is 12.3. The van der Waals surface area contributed by atoms with E-state index in [2.05, 4.69) is 32.2 Å². The quantitative estimate of drug-likeness (QED) is 0.883. The van der Waals surface area contributed by atoms with E-state index in [9.17, 15) is 0 Å². The van der Waals surface area contributed by atoms with Gasteiger partial charge in [0.05, 0.1) is 16.7 Å². The number of hydrogen-bond acceptors (Lipinski definition) is 4. The Morgan fingerprint density at radius 2 is 2.35 bits per heavy atom. The van der Waals surface area contributed by atoms with Crippen LogP contribution in [0.3, 0.4) is 0 Å². The molecule has 0 spiro atoms. The van der Waals surface area contributed by atoms with E-state index < -0.39 is 0 Å². The van der Waals surface area contributed by atoms with Crippen LogP contribution in [-0.4, -0.2) is 21.1 Å². The monoisotopic (exact) mass is 250 g/mol. The van der Waals surface area contributed by atoms with Crippen molar-refractivity contribution >= 4 is 11.3 Å². The average molecular weight is 250 g/mol. The van der Waals surface area contributed by atoms with E-state index in [1.807, 2.05) is 26.4 Å². The Hall–Kier alpha value is -1.20. The lowest BCUT2D eigenvalue weighted by Gasteiger charge is -2.15. The summed E-state index contributed by atoms with van der Waals surface area (Å²) in [7, 11) is 2.03. The van der Waals surface area contributed by atoms with Crippen molar-refractivity contribution < 1.29 is 0 Å². The van der Waals surface area contributed by atoms with Crippen LogP contribution < -0.4 is 5.32 Å². The summed E-state index contributed by atoms with van der Waals surface area (Å²) in [5.41, 5.74) is 1.12. The molecule has 0 aliphatic carbocycles. The van der Waals surface area contributed by atoms with Crippen LogP contribution in [0.2, 0.25) is 0 Å². The SMILES string of the molecule is CCNC(Cc1nccn1C)c1csc(C)n1. The molecule has 0 saturated heterocycles. The molecule has 0 aromatic carbocycles. The van der Waals surface area contributed by atoms with Gasteiger partial charge in [-0.2, -0.15) is 0 Å². The number of rotatable bonds is 5. The highest BCUT2D eigenvalue weighted by Gasteiger charge is 2.16. The zero-order valence-corrected chi connectivity index (χ0v) is 11.3. The highest BCUT2D eigenvalue weighted by molar-refractivity contribution is 7.09. The molecule has 2 heterocycles. The third-order valence-electron chi connectivity index (χ3n) is 2.75. The number of hydrogen-bond donors (Lipinski definition) is 1. The maximum Gasteiger partial charge on any atom is 0.110 e. The minimum absolute atomic E-state index is 0.256. The van der Waals surface area contributed by atoms with Crippen LogP contribution in [0, 0.1) is 6.92 Å². The molecule has 0 aliphatic heterocycles. The maximum absolute atomic E-state index is 4.56. The Kier molecular flexibility index (Phi) is 3.91. The molecule has 0 radical (unpaired) electrons. The molecule has 0 saturated carbocycles. The summed E-state index contributed by atoms with van der Waals surface area (Å²) in [4.78, 5) is 8.93. The molecule has 1 N–H and O–H groups in total. The van der Waals surface area contributed by atoms with Crippen LogP contribution in [0.4, 0.5) is 0 Å². The standard InChI is InChI=1S/C12H18N4S/c1-4-13-10(11-8-17-9(2)15-11)7-12-14-5-6-16(12)3/h5-6,8,10,13H,4,7H2,1-3H3. The first-order valence-corrected chi connectivity index (χ1v) is 6.70. The van der Waals surface area contributed by atoms with Gasteiger partial charge in [0.1, 0.15) is 5.82 Å². The third kappa shape index (κ3) is 2.92. The number of imidazole rings is 1. The zero-order valence-electron chi connectivity index (χ0n) is 10.5. The van der Waals surface area contributed by atoms with Gasteiger partial charge in [0.2, 0.25) is 0 Å². The second-order valence-electron chi connectivity index (χ2n) is 4.06. The molecule has 0 amide bonds. The van der Waals surface area contributed by atoms with Gasteiger partial charge in [-0.3, -0.25) is 0 Å². The predicted octanol–water partition coefficient (Wildman–Crippen LogP) is 2.08. The fourth-order valence-corrected chi connectivity index (χ4v) is 2.51. The van der Waals surface area contributed by atoms with Crippen LogP contribution >= 0.6 is 11.3 Å². The molecule has 5 heteroatoms. The molecule has 0 fully saturated rings. The number of nitrogens with one attached hydrogen (secondary N) is 1. The van der Waals surface area contributed by atoms with Crippen LogP contribution in [0.15, 0.2) is 17.8 Å².